The Morgan fingerprint density at radius 2 is 2.33 bits per heavy atom. The van der Waals surface area contributed by atoms with Crippen LogP contribution in [0.1, 0.15) is 38.2 Å². The van der Waals surface area contributed by atoms with Crippen molar-refractivity contribution in [1.29, 1.82) is 5.26 Å². The van der Waals surface area contributed by atoms with Crippen LogP contribution < -0.4 is 0 Å². The molecule has 96 valence electrons. The number of benzene rings is 1. The van der Waals surface area contributed by atoms with Gasteiger partial charge in [0.25, 0.3) is 0 Å². The Balaban J connectivity index is 2.25. The molecule has 0 heterocycles. The number of rotatable bonds is 2. The zero-order valence-electron chi connectivity index (χ0n) is 10.5. The van der Waals surface area contributed by atoms with Gasteiger partial charge in [0.1, 0.15) is 5.82 Å². The largest absolute Gasteiger partial charge is 0.207 e. The number of halogens is 2. The van der Waals surface area contributed by atoms with E-state index in [1.807, 2.05) is 0 Å². The molecule has 1 fully saturated rings. The van der Waals surface area contributed by atoms with E-state index in [1.165, 1.54) is 12.5 Å². The zero-order chi connectivity index (χ0) is 13.2. The Morgan fingerprint density at radius 1 is 1.56 bits per heavy atom. The molecule has 3 heteroatoms. The minimum absolute atomic E-state index is 0.257. The second kappa shape index (κ2) is 5.28. The molecule has 0 radical (unpaired) electrons. The maximum atomic E-state index is 13.8. The maximum absolute atomic E-state index is 13.8. The van der Waals surface area contributed by atoms with Crippen molar-refractivity contribution in [3.63, 3.8) is 0 Å². The Labute approximate surface area is 113 Å². The van der Waals surface area contributed by atoms with Crippen molar-refractivity contribution in [2.45, 2.75) is 39.0 Å². The highest BCUT2D eigenvalue weighted by Crippen LogP contribution is 2.41. The van der Waals surface area contributed by atoms with E-state index in [1.54, 1.807) is 12.1 Å². The summed E-state index contributed by atoms with van der Waals surface area (Å²) in [7, 11) is 0. The summed E-state index contributed by atoms with van der Waals surface area (Å²) in [6.07, 6.45) is 4.41. The summed E-state index contributed by atoms with van der Waals surface area (Å²) in [5.41, 5.74) is 0.154. The van der Waals surface area contributed by atoms with Crippen LogP contribution in [0, 0.1) is 28.5 Å². The molecule has 1 aliphatic rings. The molecule has 0 spiro atoms. The quantitative estimate of drug-likeness (QED) is 0.758. The molecule has 0 aromatic heterocycles. The van der Waals surface area contributed by atoms with Gasteiger partial charge < -0.3 is 0 Å². The molecule has 1 aromatic carbocycles. The maximum Gasteiger partial charge on any atom is 0.126 e. The van der Waals surface area contributed by atoms with Gasteiger partial charge >= 0.3 is 0 Å². The molecule has 1 aliphatic carbocycles. The first-order valence-corrected chi connectivity index (χ1v) is 6.78. The van der Waals surface area contributed by atoms with Crippen molar-refractivity contribution >= 4 is 11.6 Å². The summed E-state index contributed by atoms with van der Waals surface area (Å²) in [5, 5.41) is 10.0. The third-order valence-electron chi connectivity index (χ3n) is 3.87. The lowest BCUT2D eigenvalue weighted by atomic mass is 9.68. The van der Waals surface area contributed by atoms with Crippen molar-refractivity contribution < 1.29 is 4.39 Å². The molecule has 2 unspecified atom stereocenters. The molecule has 0 aliphatic heterocycles. The molecule has 0 saturated heterocycles. The summed E-state index contributed by atoms with van der Waals surface area (Å²) in [5.74, 6) is 0.285. The molecular weight excluding hydrogens is 249 g/mol. The van der Waals surface area contributed by atoms with Crippen LogP contribution in [0.4, 0.5) is 4.39 Å². The van der Waals surface area contributed by atoms with Gasteiger partial charge in [0, 0.05) is 5.02 Å². The van der Waals surface area contributed by atoms with E-state index in [-0.39, 0.29) is 5.82 Å². The summed E-state index contributed by atoms with van der Waals surface area (Å²) in [4.78, 5) is 0. The average Bonchev–Trinajstić information content (AvgIpc) is 2.34. The van der Waals surface area contributed by atoms with Crippen LogP contribution in [-0.4, -0.2) is 0 Å². The summed E-state index contributed by atoms with van der Waals surface area (Å²) >= 11 is 5.90. The van der Waals surface area contributed by atoms with Gasteiger partial charge in [0.05, 0.1) is 11.5 Å². The SMILES string of the molecule is CC1CCCC(C#N)(Cc2cc(Cl)ccc2F)C1. The van der Waals surface area contributed by atoms with Crippen LogP contribution in [0.15, 0.2) is 18.2 Å². The number of hydrogen-bond donors (Lipinski definition) is 0. The minimum Gasteiger partial charge on any atom is -0.207 e. The topological polar surface area (TPSA) is 23.8 Å². The highest BCUT2D eigenvalue weighted by Gasteiger charge is 2.35. The Hall–Kier alpha value is -1.07. The van der Waals surface area contributed by atoms with Gasteiger partial charge in [-0.15, -0.1) is 0 Å². The lowest BCUT2D eigenvalue weighted by Crippen LogP contribution is -2.29. The number of nitrogens with zero attached hydrogens (tertiary/aromatic N) is 1. The van der Waals surface area contributed by atoms with Gasteiger partial charge in [-0.3, -0.25) is 0 Å². The standard InChI is InChI=1S/C15H17ClFN/c1-11-3-2-6-15(8-11,10-18)9-12-7-13(16)4-5-14(12)17/h4-5,7,11H,2-3,6,8-9H2,1H3. The average molecular weight is 266 g/mol. The fourth-order valence-electron chi connectivity index (χ4n) is 3.01. The van der Waals surface area contributed by atoms with Crippen molar-refractivity contribution in [2.24, 2.45) is 11.3 Å². The van der Waals surface area contributed by atoms with Crippen LogP contribution >= 0.6 is 11.6 Å². The van der Waals surface area contributed by atoms with E-state index in [0.717, 1.165) is 19.3 Å². The van der Waals surface area contributed by atoms with E-state index < -0.39 is 5.41 Å². The lowest BCUT2D eigenvalue weighted by Gasteiger charge is -2.34. The second-order valence-corrected chi connectivity index (χ2v) is 5.94. The van der Waals surface area contributed by atoms with Gasteiger partial charge in [0.2, 0.25) is 0 Å². The van der Waals surface area contributed by atoms with Crippen LogP contribution in [0.3, 0.4) is 0 Å². The summed E-state index contributed by atoms with van der Waals surface area (Å²) in [6.45, 7) is 2.17. The fraction of sp³-hybridized carbons (Fsp3) is 0.533. The number of nitriles is 1. The van der Waals surface area contributed by atoms with E-state index in [0.29, 0.717) is 22.9 Å². The second-order valence-electron chi connectivity index (χ2n) is 5.51. The summed E-state index contributed by atoms with van der Waals surface area (Å²) < 4.78 is 13.8. The van der Waals surface area contributed by atoms with E-state index in [4.69, 9.17) is 11.6 Å². The third-order valence-corrected chi connectivity index (χ3v) is 4.10. The highest BCUT2D eigenvalue weighted by molar-refractivity contribution is 6.30. The highest BCUT2D eigenvalue weighted by atomic mass is 35.5. The van der Waals surface area contributed by atoms with E-state index in [9.17, 15) is 9.65 Å². The van der Waals surface area contributed by atoms with Gasteiger partial charge in [-0.05, 0) is 48.9 Å². The normalized spacial score (nSPS) is 27.8. The number of hydrogen-bond acceptors (Lipinski definition) is 1. The lowest BCUT2D eigenvalue weighted by molar-refractivity contribution is 0.208. The molecule has 0 amide bonds. The van der Waals surface area contributed by atoms with Crippen LogP contribution in [0.5, 0.6) is 0 Å². The fourth-order valence-corrected chi connectivity index (χ4v) is 3.20. The van der Waals surface area contributed by atoms with E-state index in [2.05, 4.69) is 13.0 Å². The first-order valence-electron chi connectivity index (χ1n) is 6.40. The smallest absolute Gasteiger partial charge is 0.126 e. The Bertz CT molecular complexity index is 480. The third kappa shape index (κ3) is 2.84. The monoisotopic (exact) mass is 265 g/mol. The first kappa shape index (κ1) is 13.4. The predicted molar refractivity (Wildman–Crippen MR) is 70.8 cm³/mol. The van der Waals surface area contributed by atoms with Crippen LogP contribution in [-0.2, 0) is 6.42 Å². The zero-order valence-corrected chi connectivity index (χ0v) is 11.3. The van der Waals surface area contributed by atoms with E-state index >= 15 is 0 Å². The van der Waals surface area contributed by atoms with Crippen molar-refractivity contribution in [3.8, 4) is 6.07 Å². The van der Waals surface area contributed by atoms with Crippen LogP contribution in [0.2, 0.25) is 5.02 Å². The molecule has 0 N–H and O–H groups in total. The molecule has 1 saturated carbocycles. The van der Waals surface area contributed by atoms with Gasteiger partial charge in [-0.25, -0.2) is 4.39 Å². The molecular formula is C15H17ClFN. The Morgan fingerprint density at radius 3 is 3.00 bits per heavy atom. The predicted octanol–water partition coefficient (Wildman–Crippen LogP) is 4.74. The minimum atomic E-state index is -0.414. The Kier molecular flexibility index (Phi) is 3.92. The van der Waals surface area contributed by atoms with Gasteiger partial charge in [-0.2, -0.15) is 5.26 Å². The van der Waals surface area contributed by atoms with Gasteiger partial charge in [-0.1, -0.05) is 31.4 Å². The van der Waals surface area contributed by atoms with Gasteiger partial charge in [0.15, 0.2) is 0 Å². The first-order chi connectivity index (χ1) is 8.54. The van der Waals surface area contributed by atoms with Crippen LogP contribution in [0.25, 0.3) is 0 Å². The molecule has 2 atom stereocenters. The van der Waals surface area contributed by atoms with Crippen molar-refractivity contribution in [2.75, 3.05) is 0 Å². The molecule has 1 nitrogen and oxygen atoms in total. The molecule has 1 aromatic rings. The molecule has 18 heavy (non-hydrogen) atoms. The van der Waals surface area contributed by atoms with Crippen molar-refractivity contribution in [1.82, 2.24) is 0 Å². The molecule has 0 bridgehead atoms. The summed E-state index contributed by atoms with van der Waals surface area (Å²) in [6, 6.07) is 7.01. The van der Waals surface area contributed by atoms with Crippen molar-refractivity contribution in [3.05, 3.63) is 34.6 Å². The molecule has 2 rings (SSSR count).